The van der Waals surface area contributed by atoms with Gasteiger partial charge in [0.1, 0.15) is 0 Å². The average Bonchev–Trinajstić information content (AvgIpc) is 2.40. The number of methoxy groups -OCH3 is 1. The first-order valence-corrected chi connectivity index (χ1v) is 5.79. The third-order valence-electron chi connectivity index (χ3n) is 2.60. The van der Waals surface area contributed by atoms with Gasteiger partial charge in [-0.15, -0.1) is 0 Å². The molecule has 2 rings (SSSR count). The van der Waals surface area contributed by atoms with Crippen molar-refractivity contribution in [3.63, 3.8) is 0 Å². The van der Waals surface area contributed by atoms with Crippen LogP contribution < -0.4 is 10.1 Å². The van der Waals surface area contributed by atoms with Gasteiger partial charge in [-0.25, -0.2) is 4.39 Å². The minimum atomic E-state index is -0.388. The molecule has 0 amide bonds. The molecule has 4 heteroatoms. The molecule has 0 saturated carbocycles. The van der Waals surface area contributed by atoms with E-state index >= 15 is 0 Å². The molecular formula is C14H15FN2O. The van der Waals surface area contributed by atoms with Crippen LogP contribution in [0.25, 0.3) is 11.3 Å². The molecule has 0 fully saturated rings. The Balaban J connectivity index is 2.45. The number of hydrogen-bond acceptors (Lipinski definition) is 3. The summed E-state index contributed by atoms with van der Waals surface area (Å²) in [5.74, 6) is -0.163. The quantitative estimate of drug-likeness (QED) is 0.898. The zero-order valence-electron chi connectivity index (χ0n) is 10.4. The summed E-state index contributed by atoms with van der Waals surface area (Å²) in [6.45, 7) is 2.82. The Kier molecular flexibility index (Phi) is 3.77. The van der Waals surface area contributed by atoms with Crippen LogP contribution in [0.3, 0.4) is 0 Å². The molecule has 0 radical (unpaired) electrons. The predicted octanol–water partition coefficient (Wildman–Crippen LogP) is 3.33. The van der Waals surface area contributed by atoms with Crippen LogP contribution >= 0.6 is 0 Å². The first-order valence-electron chi connectivity index (χ1n) is 5.79. The smallest absolute Gasteiger partial charge is 0.174 e. The summed E-state index contributed by atoms with van der Waals surface area (Å²) in [7, 11) is 1.45. The molecule has 3 nitrogen and oxygen atoms in total. The highest BCUT2D eigenvalue weighted by Crippen LogP contribution is 2.28. The standard InChI is InChI=1S/C14H15FN2O/c1-3-16-10-7-8-17-12(9-10)11-5-4-6-13(18-2)14(11)15/h4-9H,3H2,1-2H3,(H,16,17). The summed E-state index contributed by atoms with van der Waals surface area (Å²) in [5, 5.41) is 3.17. The van der Waals surface area contributed by atoms with Crippen molar-refractivity contribution in [2.45, 2.75) is 6.92 Å². The van der Waals surface area contributed by atoms with Crippen molar-refractivity contribution in [1.82, 2.24) is 4.98 Å². The number of hydrogen-bond donors (Lipinski definition) is 1. The van der Waals surface area contributed by atoms with Gasteiger partial charge in [0.05, 0.1) is 12.8 Å². The Morgan fingerprint density at radius 3 is 2.89 bits per heavy atom. The van der Waals surface area contributed by atoms with Crippen LogP contribution in [0.15, 0.2) is 36.5 Å². The Morgan fingerprint density at radius 2 is 2.17 bits per heavy atom. The van der Waals surface area contributed by atoms with E-state index in [1.54, 1.807) is 24.4 Å². The third-order valence-corrected chi connectivity index (χ3v) is 2.60. The maximum Gasteiger partial charge on any atom is 0.174 e. The van der Waals surface area contributed by atoms with E-state index in [-0.39, 0.29) is 11.6 Å². The fraction of sp³-hybridized carbons (Fsp3) is 0.214. The number of nitrogens with one attached hydrogen (secondary N) is 1. The Morgan fingerprint density at radius 1 is 1.33 bits per heavy atom. The zero-order valence-corrected chi connectivity index (χ0v) is 10.4. The van der Waals surface area contributed by atoms with E-state index in [1.807, 2.05) is 19.1 Å². The largest absolute Gasteiger partial charge is 0.494 e. The lowest BCUT2D eigenvalue weighted by Crippen LogP contribution is -1.98. The van der Waals surface area contributed by atoms with Crippen molar-refractivity contribution in [2.75, 3.05) is 19.0 Å². The number of benzene rings is 1. The Bertz CT molecular complexity index is 543. The van der Waals surface area contributed by atoms with Crippen molar-refractivity contribution in [3.8, 4) is 17.0 Å². The van der Waals surface area contributed by atoms with Crippen LogP contribution in [0.1, 0.15) is 6.92 Å². The number of pyridine rings is 1. The van der Waals surface area contributed by atoms with Crippen molar-refractivity contribution in [3.05, 3.63) is 42.3 Å². The summed E-state index contributed by atoms with van der Waals surface area (Å²) in [5.41, 5.74) is 1.95. The summed E-state index contributed by atoms with van der Waals surface area (Å²) in [6.07, 6.45) is 1.66. The van der Waals surface area contributed by atoms with Crippen molar-refractivity contribution in [2.24, 2.45) is 0 Å². The molecule has 0 unspecified atom stereocenters. The first-order chi connectivity index (χ1) is 8.76. The van der Waals surface area contributed by atoms with Gasteiger partial charge >= 0.3 is 0 Å². The normalized spacial score (nSPS) is 10.2. The highest BCUT2D eigenvalue weighted by molar-refractivity contribution is 5.66. The molecule has 1 N–H and O–H groups in total. The number of nitrogens with zero attached hydrogens (tertiary/aromatic N) is 1. The fourth-order valence-corrected chi connectivity index (χ4v) is 1.76. The minimum Gasteiger partial charge on any atom is -0.494 e. The van der Waals surface area contributed by atoms with Gasteiger partial charge < -0.3 is 10.1 Å². The van der Waals surface area contributed by atoms with E-state index in [2.05, 4.69) is 10.3 Å². The molecule has 0 bridgehead atoms. The highest BCUT2D eigenvalue weighted by atomic mass is 19.1. The molecule has 2 aromatic rings. The topological polar surface area (TPSA) is 34.2 Å². The lowest BCUT2D eigenvalue weighted by Gasteiger charge is -2.08. The van der Waals surface area contributed by atoms with Gasteiger partial charge in [0.2, 0.25) is 0 Å². The molecule has 0 spiro atoms. The van der Waals surface area contributed by atoms with Crippen LogP contribution in [0.2, 0.25) is 0 Å². The molecule has 1 aromatic carbocycles. The second kappa shape index (κ2) is 5.49. The third kappa shape index (κ3) is 2.42. The lowest BCUT2D eigenvalue weighted by molar-refractivity contribution is 0.387. The average molecular weight is 246 g/mol. The molecule has 0 aliphatic rings. The number of anilines is 1. The van der Waals surface area contributed by atoms with E-state index in [4.69, 9.17) is 4.74 Å². The van der Waals surface area contributed by atoms with E-state index in [9.17, 15) is 4.39 Å². The summed E-state index contributed by atoms with van der Waals surface area (Å²) in [6, 6.07) is 8.70. The maximum atomic E-state index is 14.1. The molecule has 0 atom stereocenters. The molecule has 0 aliphatic carbocycles. The van der Waals surface area contributed by atoms with Crippen LogP contribution in [0.5, 0.6) is 5.75 Å². The number of halogens is 1. The van der Waals surface area contributed by atoms with Gasteiger partial charge in [0, 0.05) is 24.0 Å². The number of aromatic nitrogens is 1. The van der Waals surface area contributed by atoms with Gasteiger partial charge in [0.15, 0.2) is 11.6 Å². The summed E-state index contributed by atoms with van der Waals surface area (Å²) >= 11 is 0. The van der Waals surface area contributed by atoms with Gasteiger partial charge in [-0.1, -0.05) is 6.07 Å². The SMILES string of the molecule is CCNc1ccnc(-c2cccc(OC)c2F)c1. The minimum absolute atomic E-state index is 0.225. The van der Waals surface area contributed by atoms with Crippen molar-refractivity contribution in [1.29, 1.82) is 0 Å². The molecular weight excluding hydrogens is 231 g/mol. The lowest BCUT2D eigenvalue weighted by atomic mass is 10.1. The number of ether oxygens (including phenoxy) is 1. The van der Waals surface area contributed by atoms with E-state index < -0.39 is 0 Å². The molecule has 18 heavy (non-hydrogen) atoms. The van der Waals surface area contributed by atoms with Crippen molar-refractivity contribution >= 4 is 5.69 Å². The molecule has 94 valence electrons. The fourth-order valence-electron chi connectivity index (χ4n) is 1.76. The van der Waals surface area contributed by atoms with Crippen LogP contribution in [-0.4, -0.2) is 18.6 Å². The van der Waals surface area contributed by atoms with Crippen molar-refractivity contribution < 1.29 is 9.13 Å². The van der Waals surface area contributed by atoms with Crippen LogP contribution in [0.4, 0.5) is 10.1 Å². The highest BCUT2D eigenvalue weighted by Gasteiger charge is 2.11. The van der Waals surface area contributed by atoms with Gasteiger partial charge in [0.25, 0.3) is 0 Å². The molecule has 1 heterocycles. The number of rotatable bonds is 4. The van der Waals surface area contributed by atoms with E-state index in [1.165, 1.54) is 7.11 Å². The Labute approximate surface area is 106 Å². The summed E-state index contributed by atoms with van der Waals surface area (Å²) in [4.78, 5) is 4.19. The second-order valence-electron chi connectivity index (χ2n) is 3.78. The van der Waals surface area contributed by atoms with Gasteiger partial charge in [-0.3, -0.25) is 4.98 Å². The van der Waals surface area contributed by atoms with E-state index in [0.717, 1.165) is 12.2 Å². The molecule has 0 saturated heterocycles. The van der Waals surface area contributed by atoms with Gasteiger partial charge in [-0.2, -0.15) is 0 Å². The predicted molar refractivity (Wildman–Crippen MR) is 70.3 cm³/mol. The monoisotopic (exact) mass is 246 g/mol. The molecule has 0 aliphatic heterocycles. The second-order valence-corrected chi connectivity index (χ2v) is 3.78. The van der Waals surface area contributed by atoms with E-state index in [0.29, 0.717) is 11.3 Å². The molecule has 1 aromatic heterocycles. The Hall–Kier alpha value is -2.10. The maximum absolute atomic E-state index is 14.1. The zero-order chi connectivity index (χ0) is 13.0. The van der Waals surface area contributed by atoms with Crippen LogP contribution in [0, 0.1) is 5.82 Å². The van der Waals surface area contributed by atoms with Gasteiger partial charge in [-0.05, 0) is 31.2 Å². The van der Waals surface area contributed by atoms with Crippen LogP contribution in [-0.2, 0) is 0 Å². The first kappa shape index (κ1) is 12.4. The summed E-state index contributed by atoms with van der Waals surface area (Å²) < 4.78 is 19.1.